The fraction of sp³-hybridized carbons (Fsp3) is 0.409. The van der Waals surface area contributed by atoms with E-state index in [-0.39, 0.29) is 4.90 Å². The first kappa shape index (κ1) is 19.6. The van der Waals surface area contributed by atoms with Crippen LogP contribution in [-0.2, 0) is 14.6 Å². The fourth-order valence-corrected chi connectivity index (χ4v) is 6.27. The number of amides is 1. The predicted molar refractivity (Wildman–Crippen MR) is 109 cm³/mol. The molecule has 0 unspecified atom stereocenters. The molecule has 4 nitrogen and oxygen atoms in total. The number of anilines is 1. The van der Waals surface area contributed by atoms with Crippen LogP contribution in [0.2, 0.25) is 0 Å². The average Bonchev–Trinajstić information content (AvgIpc) is 3.12. The molecule has 0 aromatic heterocycles. The van der Waals surface area contributed by atoms with Crippen LogP contribution in [-0.4, -0.2) is 19.1 Å². The van der Waals surface area contributed by atoms with Gasteiger partial charge >= 0.3 is 0 Å². The van der Waals surface area contributed by atoms with Gasteiger partial charge in [0.2, 0.25) is 5.91 Å². The van der Waals surface area contributed by atoms with Gasteiger partial charge in [-0.05, 0) is 74.9 Å². The molecular weight excluding hydrogens is 358 g/mol. The van der Waals surface area contributed by atoms with Crippen molar-refractivity contribution in [2.75, 3.05) is 5.32 Å². The Labute approximate surface area is 161 Å². The molecule has 1 aliphatic rings. The second-order valence-electron chi connectivity index (χ2n) is 7.68. The molecule has 0 saturated heterocycles. The monoisotopic (exact) mass is 385 g/mol. The highest BCUT2D eigenvalue weighted by atomic mass is 32.2. The van der Waals surface area contributed by atoms with E-state index in [2.05, 4.69) is 5.32 Å². The van der Waals surface area contributed by atoms with Crippen LogP contribution >= 0.6 is 0 Å². The van der Waals surface area contributed by atoms with Crippen molar-refractivity contribution in [1.82, 2.24) is 0 Å². The molecule has 0 spiro atoms. The van der Waals surface area contributed by atoms with Crippen LogP contribution in [0.4, 0.5) is 5.69 Å². The minimum absolute atomic E-state index is 0.278. The molecule has 1 fully saturated rings. The quantitative estimate of drug-likeness (QED) is 0.833. The number of hydrogen-bond acceptors (Lipinski definition) is 3. The van der Waals surface area contributed by atoms with Gasteiger partial charge in [0.05, 0.1) is 4.90 Å². The van der Waals surface area contributed by atoms with Crippen LogP contribution in [0.1, 0.15) is 47.9 Å². The van der Waals surface area contributed by atoms with Gasteiger partial charge in [0, 0.05) is 5.69 Å². The van der Waals surface area contributed by atoms with Gasteiger partial charge in [-0.3, -0.25) is 4.79 Å². The molecule has 5 heteroatoms. The normalized spacial score (nSPS) is 16.3. The molecule has 1 saturated carbocycles. The van der Waals surface area contributed by atoms with Gasteiger partial charge in [-0.15, -0.1) is 0 Å². The maximum absolute atomic E-state index is 13.7. The van der Waals surface area contributed by atoms with Crippen molar-refractivity contribution in [1.29, 1.82) is 0 Å². The number of rotatable bonds is 4. The number of carbonyl (C=O) groups is 1. The summed E-state index contributed by atoms with van der Waals surface area (Å²) in [5.41, 5.74) is 4.27. The highest BCUT2D eigenvalue weighted by molar-refractivity contribution is 7.93. The summed E-state index contributed by atoms with van der Waals surface area (Å²) in [5, 5.41) is 2.93. The highest BCUT2D eigenvalue weighted by Gasteiger charge is 2.53. The van der Waals surface area contributed by atoms with E-state index in [4.69, 9.17) is 0 Å². The molecule has 3 rings (SSSR count). The Morgan fingerprint density at radius 1 is 0.963 bits per heavy atom. The van der Waals surface area contributed by atoms with Crippen molar-refractivity contribution >= 4 is 21.4 Å². The summed E-state index contributed by atoms with van der Waals surface area (Å²) >= 11 is 0. The third kappa shape index (κ3) is 3.29. The largest absolute Gasteiger partial charge is 0.324 e. The number of hydrogen-bond donors (Lipinski definition) is 1. The van der Waals surface area contributed by atoms with Gasteiger partial charge in [-0.25, -0.2) is 8.42 Å². The Kier molecular flexibility index (Phi) is 5.17. The molecule has 1 amide bonds. The van der Waals surface area contributed by atoms with Crippen LogP contribution in [0, 0.1) is 27.7 Å². The van der Waals surface area contributed by atoms with Crippen molar-refractivity contribution in [3.8, 4) is 0 Å². The fourth-order valence-electron chi connectivity index (χ4n) is 3.89. The Hall–Kier alpha value is -2.14. The summed E-state index contributed by atoms with van der Waals surface area (Å²) < 4.78 is 25.9. The van der Waals surface area contributed by atoms with Crippen molar-refractivity contribution < 1.29 is 13.2 Å². The average molecular weight is 386 g/mol. The second-order valence-corrected chi connectivity index (χ2v) is 9.90. The Morgan fingerprint density at radius 3 is 2.30 bits per heavy atom. The van der Waals surface area contributed by atoms with Gasteiger partial charge in [-0.1, -0.05) is 37.1 Å². The molecule has 0 atom stereocenters. The predicted octanol–water partition coefficient (Wildman–Crippen LogP) is 4.65. The molecule has 144 valence electrons. The lowest BCUT2D eigenvalue weighted by Crippen LogP contribution is -2.47. The van der Waals surface area contributed by atoms with Gasteiger partial charge in [0.1, 0.15) is 0 Å². The molecule has 2 aromatic carbocycles. The van der Waals surface area contributed by atoms with Crippen LogP contribution in [0.3, 0.4) is 0 Å². The van der Waals surface area contributed by atoms with E-state index >= 15 is 0 Å². The first-order valence-electron chi connectivity index (χ1n) is 9.38. The standard InChI is InChI=1S/C22H27NO3S/c1-15-10-11-17(3)20(14-15)27(25,26)22(12-5-6-13-22)21(24)23-19-9-7-8-16(2)18(19)4/h7-11,14H,5-6,12-13H2,1-4H3,(H,23,24). The SMILES string of the molecule is Cc1ccc(C)c(S(=O)(=O)C2(C(=O)Nc3cccc(C)c3C)CCCC2)c1. The third-order valence-electron chi connectivity index (χ3n) is 5.83. The molecule has 0 heterocycles. The minimum atomic E-state index is -3.81. The lowest BCUT2D eigenvalue weighted by Gasteiger charge is -2.29. The Morgan fingerprint density at radius 2 is 1.63 bits per heavy atom. The number of aryl methyl sites for hydroxylation is 3. The number of nitrogens with one attached hydrogen (secondary N) is 1. The van der Waals surface area contributed by atoms with E-state index < -0.39 is 20.5 Å². The Bertz CT molecular complexity index is 987. The first-order valence-corrected chi connectivity index (χ1v) is 10.9. The summed E-state index contributed by atoms with van der Waals surface area (Å²) in [5.74, 6) is -0.408. The van der Waals surface area contributed by atoms with Crippen LogP contribution in [0.5, 0.6) is 0 Å². The molecular formula is C22H27NO3S. The van der Waals surface area contributed by atoms with E-state index in [9.17, 15) is 13.2 Å². The summed E-state index contributed by atoms with van der Waals surface area (Å²) in [6.07, 6.45) is 2.20. The summed E-state index contributed by atoms with van der Waals surface area (Å²) in [4.78, 5) is 13.6. The smallest absolute Gasteiger partial charge is 0.246 e. The van der Waals surface area contributed by atoms with Crippen LogP contribution < -0.4 is 5.32 Å². The zero-order valence-corrected chi connectivity index (χ0v) is 17.2. The van der Waals surface area contributed by atoms with E-state index in [0.29, 0.717) is 24.1 Å². The van der Waals surface area contributed by atoms with Crippen LogP contribution in [0.25, 0.3) is 0 Å². The third-order valence-corrected chi connectivity index (χ3v) is 8.47. The summed E-state index contributed by atoms with van der Waals surface area (Å²) in [6, 6.07) is 11.1. The van der Waals surface area contributed by atoms with E-state index in [1.165, 1.54) is 0 Å². The van der Waals surface area contributed by atoms with Crippen LogP contribution in [0.15, 0.2) is 41.3 Å². The van der Waals surface area contributed by atoms with E-state index in [1.54, 1.807) is 13.0 Å². The lowest BCUT2D eigenvalue weighted by atomic mass is 10.0. The zero-order chi connectivity index (χ0) is 19.8. The maximum Gasteiger partial charge on any atom is 0.246 e. The molecule has 1 aliphatic carbocycles. The van der Waals surface area contributed by atoms with Gasteiger partial charge in [-0.2, -0.15) is 0 Å². The zero-order valence-electron chi connectivity index (χ0n) is 16.4. The summed E-state index contributed by atoms with van der Waals surface area (Å²) in [6.45, 7) is 7.57. The minimum Gasteiger partial charge on any atom is -0.324 e. The van der Waals surface area contributed by atoms with Crippen molar-refractivity contribution in [2.45, 2.75) is 63.0 Å². The van der Waals surface area contributed by atoms with Gasteiger partial charge in [0.25, 0.3) is 0 Å². The number of sulfone groups is 1. The lowest BCUT2D eigenvalue weighted by molar-refractivity contribution is -0.118. The molecule has 0 bridgehead atoms. The van der Waals surface area contributed by atoms with Gasteiger partial charge in [0.15, 0.2) is 14.6 Å². The Balaban J connectivity index is 2.06. The first-order chi connectivity index (χ1) is 12.7. The molecule has 2 aromatic rings. The van der Waals surface area contributed by atoms with Crippen molar-refractivity contribution in [2.24, 2.45) is 0 Å². The highest BCUT2D eigenvalue weighted by Crippen LogP contribution is 2.42. The van der Waals surface area contributed by atoms with Crippen molar-refractivity contribution in [3.05, 3.63) is 58.7 Å². The number of benzene rings is 2. The maximum atomic E-state index is 13.7. The van der Waals surface area contributed by atoms with E-state index in [0.717, 1.165) is 29.5 Å². The van der Waals surface area contributed by atoms with E-state index in [1.807, 2.05) is 51.1 Å². The summed E-state index contributed by atoms with van der Waals surface area (Å²) in [7, 11) is -3.81. The number of carbonyl (C=O) groups excluding carboxylic acids is 1. The molecule has 0 aliphatic heterocycles. The van der Waals surface area contributed by atoms with Crippen molar-refractivity contribution in [3.63, 3.8) is 0 Å². The molecule has 27 heavy (non-hydrogen) atoms. The van der Waals surface area contributed by atoms with Gasteiger partial charge < -0.3 is 5.32 Å². The second kappa shape index (κ2) is 7.12. The topological polar surface area (TPSA) is 63.2 Å². The molecule has 1 N–H and O–H groups in total. The molecule has 0 radical (unpaired) electrons.